The Bertz CT molecular complexity index is 520. The van der Waals surface area contributed by atoms with E-state index in [0.29, 0.717) is 24.2 Å². The van der Waals surface area contributed by atoms with Crippen LogP contribution in [0.2, 0.25) is 0 Å². The first-order chi connectivity index (χ1) is 8.06. The molecule has 0 saturated heterocycles. The molecule has 0 fully saturated rings. The van der Waals surface area contributed by atoms with E-state index in [1.807, 2.05) is 6.07 Å². The minimum Gasteiger partial charge on any atom is -0.478 e. The Kier molecular flexibility index (Phi) is 2.91. The van der Waals surface area contributed by atoms with Gasteiger partial charge in [-0.3, -0.25) is 4.79 Å². The van der Waals surface area contributed by atoms with E-state index in [2.05, 4.69) is 10.3 Å². The third-order valence-corrected chi connectivity index (χ3v) is 2.64. The van der Waals surface area contributed by atoms with E-state index in [1.54, 1.807) is 13.1 Å². The number of rotatable bonds is 2. The second-order valence-corrected chi connectivity index (χ2v) is 3.95. The number of aromatic nitrogens is 1. The van der Waals surface area contributed by atoms with Crippen molar-refractivity contribution in [2.75, 3.05) is 5.32 Å². The van der Waals surface area contributed by atoms with Crippen LogP contribution in [0.3, 0.4) is 0 Å². The van der Waals surface area contributed by atoms with Gasteiger partial charge in [-0.25, -0.2) is 9.78 Å². The van der Waals surface area contributed by atoms with Gasteiger partial charge >= 0.3 is 5.97 Å². The maximum Gasteiger partial charge on any atom is 0.328 e. The maximum atomic E-state index is 11.1. The largest absolute Gasteiger partial charge is 0.478 e. The van der Waals surface area contributed by atoms with E-state index in [4.69, 9.17) is 5.11 Å². The number of pyridine rings is 1. The van der Waals surface area contributed by atoms with Crippen molar-refractivity contribution in [2.45, 2.75) is 19.8 Å². The number of allylic oxidation sites excluding steroid dienone is 1. The molecule has 1 aliphatic rings. The monoisotopic (exact) mass is 232 g/mol. The van der Waals surface area contributed by atoms with E-state index in [1.165, 1.54) is 0 Å². The van der Waals surface area contributed by atoms with Crippen LogP contribution in [-0.2, 0) is 16.0 Å². The van der Waals surface area contributed by atoms with Crippen molar-refractivity contribution in [3.8, 4) is 0 Å². The standard InChI is InChI=1S/C12H12N2O3/c1-7(4-11(16)17)9-5-8-2-3-10(15)14-12(8)13-6-9/h4-6H,2-3H2,1H3,(H,16,17)(H,13,14,15). The van der Waals surface area contributed by atoms with Crippen LogP contribution in [0.1, 0.15) is 24.5 Å². The first-order valence-electron chi connectivity index (χ1n) is 5.26. The summed E-state index contributed by atoms with van der Waals surface area (Å²) in [4.78, 5) is 25.8. The highest BCUT2D eigenvalue weighted by molar-refractivity contribution is 5.93. The number of aliphatic carboxylic acids is 1. The van der Waals surface area contributed by atoms with Crippen molar-refractivity contribution in [3.63, 3.8) is 0 Å². The number of nitrogens with one attached hydrogen (secondary N) is 1. The molecule has 0 aliphatic carbocycles. The highest BCUT2D eigenvalue weighted by Crippen LogP contribution is 2.23. The molecular formula is C12H12N2O3. The molecule has 5 nitrogen and oxygen atoms in total. The highest BCUT2D eigenvalue weighted by Gasteiger charge is 2.16. The summed E-state index contributed by atoms with van der Waals surface area (Å²) < 4.78 is 0. The van der Waals surface area contributed by atoms with Gasteiger partial charge in [0.1, 0.15) is 5.82 Å². The number of anilines is 1. The predicted molar refractivity (Wildman–Crippen MR) is 62.5 cm³/mol. The third-order valence-electron chi connectivity index (χ3n) is 2.64. The first kappa shape index (κ1) is 11.3. The molecule has 2 heterocycles. The van der Waals surface area contributed by atoms with Gasteiger partial charge in [-0.05, 0) is 36.1 Å². The Hall–Kier alpha value is -2.17. The minimum atomic E-state index is -0.978. The Morgan fingerprint density at radius 2 is 2.29 bits per heavy atom. The summed E-state index contributed by atoms with van der Waals surface area (Å²) in [5.41, 5.74) is 2.35. The van der Waals surface area contributed by atoms with Crippen molar-refractivity contribution in [2.24, 2.45) is 0 Å². The van der Waals surface area contributed by atoms with Crippen LogP contribution < -0.4 is 5.32 Å². The molecular weight excluding hydrogens is 220 g/mol. The molecule has 17 heavy (non-hydrogen) atoms. The van der Waals surface area contributed by atoms with E-state index < -0.39 is 5.97 Å². The van der Waals surface area contributed by atoms with Crippen LogP contribution in [0.25, 0.3) is 5.57 Å². The van der Waals surface area contributed by atoms with Crippen molar-refractivity contribution < 1.29 is 14.7 Å². The van der Waals surface area contributed by atoms with Crippen LogP contribution >= 0.6 is 0 Å². The highest BCUT2D eigenvalue weighted by atomic mass is 16.4. The molecule has 1 aromatic heterocycles. The SMILES string of the molecule is CC(=CC(=O)O)c1cnc2c(c1)CCC(=O)N2. The third kappa shape index (κ3) is 2.50. The molecule has 0 aromatic carbocycles. The number of carboxylic acids is 1. The maximum absolute atomic E-state index is 11.1. The van der Waals surface area contributed by atoms with Crippen molar-refractivity contribution in [1.82, 2.24) is 4.98 Å². The lowest BCUT2D eigenvalue weighted by Gasteiger charge is -2.16. The Balaban J connectivity index is 2.34. The van der Waals surface area contributed by atoms with Crippen molar-refractivity contribution >= 4 is 23.3 Å². The molecule has 88 valence electrons. The molecule has 0 spiro atoms. The predicted octanol–water partition coefficient (Wildman–Crippen LogP) is 1.45. The van der Waals surface area contributed by atoms with E-state index in [0.717, 1.165) is 17.2 Å². The van der Waals surface area contributed by atoms with Crippen molar-refractivity contribution in [1.29, 1.82) is 0 Å². The second-order valence-electron chi connectivity index (χ2n) is 3.95. The fourth-order valence-electron chi connectivity index (χ4n) is 1.74. The van der Waals surface area contributed by atoms with Gasteiger partial charge in [0.25, 0.3) is 0 Å². The second kappa shape index (κ2) is 4.37. The lowest BCUT2D eigenvalue weighted by atomic mass is 10.0. The normalized spacial score (nSPS) is 15.1. The van der Waals surface area contributed by atoms with Crippen molar-refractivity contribution in [3.05, 3.63) is 29.5 Å². The quantitative estimate of drug-likeness (QED) is 0.756. The molecule has 1 aliphatic heterocycles. The zero-order chi connectivity index (χ0) is 12.4. The van der Waals surface area contributed by atoms with Crippen LogP contribution in [0.4, 0.5) is 5.82 Å². The zero-order valence-electron chi connectivity index (χ0n) is 9.36. The summed E-state index contributed by atoms with van der Waals surface area (Å²) in [6, 6.07) is 1.87. The summed E-state index contributed by atoms with van der Waals surface area (Å²) in [6.07, 6.45) is 3.80. The first-order valence-corrected chi connectivity index (χ1v) is 5.26. The average molecular weight is 232 g/mol. The molecule has 5 heteroatoms. The van der Waals surface area contributed by atoms with Gasteiger partial charge in [0.15, 0.2) is 0 Å². The van der Waals surface area contributed by atoms with Gasteiger partial charge in [0.05, 0.1) is 0 Å². The van der Waals surface area contributed by atoms with Crippen LogP contribution in [-0.4, -0.2) is 22.0 Å². The van der Waals surface area contributed by atoms with Crippen LogP contribution in [0, 0.1) is 0 Å². The number of nitrogens with zero attached hydrogens (tertiary/aromatic N) is 1. The summed E-state index contributed by atoms with van der Waals surface area (Å²) in [7, 11) is 0. The molecule has 2 N–H and O–H groups in total. The van der Waals surface area contributed by atoms with Gasteiger partial charge < -0.3 is 10.4 Å². The van der Waals surface area contributed by atoms with Crippen LogP contribution in [0.5, 0.6) is 0 Å². The number of carboxylic acid groups (broad SMARTS) is 1. The number of carbonyl (C=O) groups is 2. The number of hydrogen-bond acceptors (Lipinski definition) is 3. The number of aryl methyl sites for hydroxylation is 1. The number of hydrogen-bond donors (Lipinski definition) is 2. The summed E-state index contributed by atoms with van der Waals surface area (Å²) in [6.45, 7) is 1.72. The summed E-state index contributed by atoms with van der Waals surface area (Å²) >= 11 is 0. The van der Waals surface area contributed by atoms with Gasteiger partial charge in [-0.1, -0.05) is 0 Å². The van der Waals surface area contributed by atoms with Gasteiger partial charge in [-0.15, -0.1) is 0 Å². The van der Waals surface area contributed by atoms with Gasteiger partial charge in [-0.2, -0.15) is 0 Å². The Morgan fingerprint density at radius 1 is 1.53 bits per heavy atom. The Labute approximate surface area is 98.2 Å². The molecule has 1 aromatic rings. The Morgan fingerprint density at radius 3 is 3.00 bits per heavy atom. The molecule has 0 saturated carbocycles. The number of amides is 1. The van der Waals surface area contributed by atoms with E-state index >= 15 is 0 Å². The molecule has 0 atom stereocenters. The van der Waals surface area contributed by atoms with Gasteiger partial charge in [0, 0.05) is 18.7 Å². The molecule has 1 amide bonds. The molecule has 0 radical (unpaired) electrons. The molecule has 0 unspecified atom stereocenters. The molecule has 0 bridgehead atoms. The zero-order valence-corrected chi connectivity index (χ0v) is 9.36. The lowest BCUT2D eigenvalue weighted by molar-refractivity contribution is -0.131. The smallest absolute Gasteiger partial charge is 0.328 e. The fraction of sp³-hybridized carbons (Fsp3) is 0.250. The van der Waals surface area contributed by atoms with E-state index in [9.17, 15) is 9.59 Å². The topological polar surface area (TPSA) is 79.3 Å². The summed E-state index contributed by atoms with van der Waals surface area (Å²) in [5, 5.41) is 11.3. The van der Waals surface area contributed by atoms with Crippen LogP contribution in [0.15, 0.2) is 18.3 Å². The molecule has 2 rings (SSSR count). The average Bonchev–Trinajstić information content (AvgIpc) is 2.27. The minimum absolute atomic E-state index is 0.0319. The lowest BCUT2D eigenvalue weighted by Crippen LogP contribution is -2.20. The summed E-state index contributed by atoms with van der Waals surface area (Å²) in [5.74, 6) is -0.433. The van der Waals surface area contributed by atoms with Gasteiger partial charge in [0.2, 0.25) is 5.91 Å². The number of carbonyl (C=O) groups excluding carboxylic acids is 1. The van der Waals surface area contributed by atoms with E-state index in [-0.39, 0.29) is 5.91 Å². The fourth-order valence-corrected chi connectivity index (χ4v) is 1.74. The number of fused-ring (bicyclic) bond motifs is 1.